The topological polar surface area (TPSA) is 68.7 Å². The summed E-state index contributed by atoms with van der Waals surface area (Å²) in [6.45, 7) is 2.18. The van der Waals surface area contributed by atoms with Crippen LogP contribution in [0, 0.1) is 0 Å². The number of hydrogen-bond donors (Lipinski definition) is 0. The van der Waals surface area contributed by atoms with E-state index in [1.807, 2.05) is 6.07 Å². The molecule has 170 valence electrons. The van der Waals surface area contributed by atoms with E-state index >= 15 is 0 Å². The predicted octanol–water partition coefficient (Wildman–Crippen LogP) is 5.24. The van der Waals surface area contributed by atoms with Gasteiger partial charge in [-0.25, -0.2) is 14.2 Å². The Morgan fingerprint density at radius 3 is 2.73 bits per heavy atom. The van der Waals surface area contributed by atoms with E-state index in [0.29, 0.717) is 34.1 Å². The molecule has 4 rings (SSSR count). The molecule has 2 heterocycles. The number of carbonyl (C=O) groups is 2. The Morgan fingerprint density at radius 1 is 1.21 bits per heavy atom. The lowest BCUT2D eigenvalue weighted by Crippen LogP contribution is -2.23. The van der Waals surface area contributed by atoms with Crippen molar-refractivity contribution in [2.75, 3.05) is 6.61 Å². The van der Waals surface area contributed by atoms with Crippen LogP contribution in [-0.4, -0.2) is 34.5 Å². The highest BCUT2D eigenvalue weighted by Gasteiger charge is 2.32. The summed E-state index contributed by atoms with van der Waals surface area (Å²) < 4.78 is 24.3. The van der Waals surface area contributed by atoms with Gasteiger partial charge in [0.25, 0.3) is 5.91 Å². The summed E-state index contributed by atoms with van der Waals surface area (Å²) in [5, 5.41) is 0.341. The van der Waals surface area contributed by atoms with E-state index in [1.165, 1.54) is 6.20 Å². The number of halogens is 2. The number of hydrogen-bond acceptors (Lipinski definition) is 5. The highest BCUT2D eigenvalue weighted by Crippen LogP contribution is 2.30. The van der Waals surface area contributed by atoms with E-state index in [0.717, 1.165) is 5.56 Å². The Bertz CT molecular complexity index is 1170. The molecule has 0 N–H and O–H groups in total. The molecule has 0 saturated heterocycles. The minimum atomic E-state index is -1.06. The maximum atomic E-state index is 13.4. The Hall–Kier alpha value is -3.45. The van der Waals surface area contributed by atoms with E-state index in [1.54, 1.807) is 60.4 Å². The number of rotatable bonds is 8. The molecule has 33 heavy (non-hydrogen) atoms. The van der Waals surface area contributed by atoms with Crippen molar-refractivity contribution < 1.29 is 23.5 Å². The molecule has 0 spiro atoms. The van der Waals surface area contributed by atoms with E-state index in [2.05, 4.69) is 4.98 Å². The van der Waals surface area contributed by atoms with Gasteiger partial charge in [-0.2, -0.15) is 0 Å². The zero-order valence-corrected chi connectivity index (χ0v) is 18.7. The molecule has 0 bridgehead atoms. The molecule has 8 heteroatoms. The third kappa shape index (κ3) is 5.14. The minimum absolute atomic E-state index is 0.0651. The van der Waals surface area contributed by atoms with E-state index in [9.17, 15) is 14.0 Å². The van der Waals surface area contributed by atoms with Crippen LogP contribution < -0.4 is 9.47 Å². The fourth-order valence-corrected chi connectivity index (χ4v) is 3.77. The highest BCUT2D eigenvalue weighted by atomic mass is 35.5. The Labute approximate surface area is 195 Å². The second-order valence-corrected chi connectivity index (χ2v) is 8.04. The summed E-state index contributed by atoms with van der Waals surface area (Å²) in [6, 6.07) is 15.4. The molecule has 1 aromatic heterocycles. The largest absolute Gasteiger partial charge is 0.489 e. The zero-order chi connectivity index (χ0) is 23.4. The SMILES string of the molecule is CCC(F)COc1ccc(CN2Cc3c(ccnc3C(=O)Oc3ccccc3)C2=O)cc1Cl. The first kappa shape index (κ1) is 22.7. The molecule has 0 fully saturated rings. The second-order valence-electron chi connectivity index (χ2n) is 7.63. The third-order valence-electron chi connectivity index (χ3n) is 5.30. The number of fused-ring (bicyclic) bond motifs is 1. The number of amides is 1. The number of ether oxygens (including phenoxy) is 2. The highest BCUT2D eigenvalue weighted by molar-refractivity contribution is 6.32. The number of alkyl halides is 1. The van der Waals surface area contributed by atoms with E-state index < -0.39 is 12.1 Å². The van der Waals surface area contributed by atoms with Gasteiger partial charge in [0.1, 0.15) is 24.3 Å². The number of carbonyl (C=O) groups excluding carboxylic acids is 2. The van der Waals surface area contributed by atoms with E-state index in [-0.39, 0.29) is 31.3 Å². The van der Waals surface area contributed by atoms with Crippen LogP contribution in [0.3, 0.4) is 0 Å². The van der Waals surface area contributed by atoms with Gasteiger partial charge in [0, 0.05) is 30.4 Å². The quantitative estimate of drug-likeness (QED) is 0.334. The van der Waals surface area contributed by atoms with Crippen LogP contribution in [0.5, 0.6) is 11.5 Å². The van der Waals surface area contributed by atoms with Crippen LogP contribution in [-0.2, 0) is 13.1 Å². The van der Waals surface area contributed by atoms with Gasteiger partial charge in [0.05, 0.1) is 5.02 Å². The number of para-hydroxylation sites is 1. The lowest BCUT2D eigenvalue weighted by molar-refractivity contribution is 0.0721. The first-order chi connectivity index (χ1) is 16.0. The standard InChI is InChI=1S/C25H22ClFN2O4/c1-2-17(27)15-32-22-9-8-16(12-21(22)26)13-29-14-20-19(24(29)30)10-11-28-23(20)25(31)33-18-6-4-3-5-7-18/h3-12,17H,2,13-15H2,1H3. The predicted molar refractivity (Wildman–Crippen MR) is 121 cm³/mol. The van der Waals surface area contributed by atoms with Gasteiger partial charge in [-0.3, -0.25) is 4.79 Å². The van der Waals surface area contributed by atoms with Gasteiger partial charge < -0.3 is 14.4 Å². The summed E-state index contributed by atoms with van der Waals surface area (Å²) in [6.07, 6.45) is 0.736. The summed E-state index contributed by atoms with van der Waals surface area (Å²) in [7, 11) is 0. The minimum Gasteiger partial charge on any atom is -0.489 e. The number of nitrogens with zero attached hydrogens (tertiary/aromatic N) is 2. The van der Waals surface area contributed by atoms with Crippen molar-refractivity contribution >= 4 is 23.5 Å². The molecule has 1 amide bonds. The van der Waals surface area contributed by atoms with Gasteiger partial charge in [-0.15, -0.1) is 0 Å². The van der Waals surface area contributed by atoms with Crippen molar-refractivity contribution in [2.45, 2.75) is 32.6 Å². The Balaban J connectivity index is 1.47. The van der Waals surface area contributed by atoms with Gasteiger partial charge in [0.2, 0.25) is 0 Å². The molecule has 1 aliphatic rings. The zero-order valence-electron chi connectivity index (χ0n) is 18.0. The lowest BCUT2D eigenvalue weighted by atomic mass is 10.1. The number of esters is 1. The van der Waals surface area contributed by atoms with Crippen molar-refractivity contribution in [3.05, 3.63) is 88.2 Å². The molecule has 2 aromatic carbocycles. The smallest absolute Gasteiger partial charge is 0.362 e. The van der Waals surface area contributed by atoms with Crippen LogP contribution in [0.1, 0.15) is 45.3 Å². The Morgan fingerprint density at radius 2 is 2.00 bits per heavy atom. The molecule has 1 aliphatic heterocycles. The van der Waals surface area contributed by atoms with Crippen molar-refractivity contribution in [1.29, 1.82) is 0 Å². The molecule has 1 unspecified atom stereocenters. The van der Waals surface area contributed by atoms with Crippen molar-refractivity contribution in [3.8, 4) is 11.5 Å². The third-order valence-corrected chi connectivity index (χ3v) is 5.60. The summed E-state index contributed by atoms with van der Waals surface area (Å²) >= 11 is 6.29. The van der Waals surface area contributed by atoms with Crippen LogP contribution in [0.25, 0.3) is 0 Å². The second kappa shape index (κ2) is 10.0. The summed E-state index contributed by atoms with van der Waals surface area (Å²) in [5.74, 6) is -0.0305. The normalized spacial score (nSPS) is 13.5. The molecule has 0 radical (unpaired) electrons. The van der Waals surface area contributed by atoms with Crippen LogP contribution >= 0.6 is 11.6 Å². The molecule has 3 aromatic rings. The lowest BCUT2D eigenvalue weighted by Gasteiger charge is -2.17. The van der Waals surface area contributed by atoms with Crippen LogP contribution in [0.4, 0.5) is 4.39 Å². The van der Waals surface area contributed by atoms with Crippen molar-refractivity contribution in [1.82, 2.24) is 9.88 Å². The summed E-state index contributed by atoms with van der Waals surface area (Å²) in [5.41, 5.74) is 1.85. The maximum Gasteiger partial charge on any atom is 0.362 e. The van der Waals surface area contributed by atoms with Crippen molar-refractivity contribution in [2.24, 2.45) is 0 Å². The van der Waals surface area contributed by atoms with Gasteiger partial charge in [0.15, 0.2) is 5.69 Å². The molecule has 0 saturated carbocycles. The van der Waals surface area contributed by atoms with Gasteiger partial charge in [-0.05, 0) is 42.3 Å². The average molecular weight is 469 g/mol. The Kier molecular flexibility index (Phi) is 6.89. The number of aromatic nitrogens is 1. The maximum absolute atomic E-state index is 13.4. The first-order valence-corrected chi connectivity index (χ1v) is 10.9. The number of benzene rings is 2. The molecular formula is C25H22ClFN2O4. The summed E-state index contributed by atoms with van der Waals surface area (Å²) in [4.78, 5) is 31.4. The molecule has 6 nitrogen and oxygen atoms in total. The molecule has 0 aliphatic carbocycles. The van der Waals surface area contributed by atoms with Gasteiger partial charge >= 0.3 is 5.97 Å². The monoisotopic (exact) mass is 468 g/mol. The first-order valence-electron chi connectivity index (χ1n) is 10.6. The molecule has 1 atom stereocenters. The number of pyridine rings is 1. The fraction of sp³-hybridized carbons (Fsp3) is 0.240. The average Bonchev–Trinajstić information content (AvgIpc) is 3.14. The molecular weight excluding hydrogens is 447 g/mol. The van der Waals surface area contributed by atoms with Crippen molar-refractivity contribution in [3.63, 3.8) is 0 Å². The fourth-order valence-electron chi connectivity index (χ4n) is 3.51. The van der Waals surface area contributed by atoms with Crippen LogP contribution in [0.15, 0.2) is 60.8 Å². The van der Waals surface area contributed by atoms with Gasteiger partial charge in [-0.1, -0.05) is 42.8 Å². The van der Waals surface area contributed by atoms with Crippen LogP contribution in [0.2, 0.25) is 5.02 Å². The van der Waals surface area contributed by atoms with E-state index in [4.69, 9.17) is 21.1 Å².